The van der Waals surface area contributed by atoms with Gasteiger partial charge in [0.1, 0.15) is 0 Å². The van der Waals surface area contributed by atoms with Crippen molar-refractivity contribution in [1.82, 2.24) is 0 Å². The second-order valence-corrected chi connectivity index (χ2v) is 12.4. The van der Waals surface area contributed by atoms with Gasteiger partial charge in [-0.15, -0.1) is 0 Å². The molecule has 0 radical (unpaired) electrons. The highest BCUT2D eigenvalue weighted by Gasteiger charge is 2.59. The van der Waals surface area contributed by atoms with Crippen LogP contribution in [0.4, 0.5) is 0 Å². The van der Waals surface area contributed by atoms with E-state index in [1.807, 2.05) is 0 Å². The summed E-state index contributed by atoms with van der Waals surface area (Å²) in [6, 6.07) is 0. The third-order valence-corrected chi connectivity index (χ3v) is 10.8. The number of hydrogen-bond donors (Lipinski definition) is 0. The maximum Gasteiger partial charge on any atom is -0.0264 e. The van der Waals surface area contributed by atoms with E-state index in [-0.39, 0.29) is 0 Å². The molecule has 0 aliphatic heterocycles. The monoisotopic (exact) mass is 372 g/mol. The molecule has 0 heteroatoms. The van der Waals surface area contributed by atoms with Gasteiger partial charge in [0.2, 0.25) is 0 Å². The molecule has 4 fully saturated rings. The minimum absolute atomic E-state index is 0.677. The first-order chi connectivity index (χ1) is 12.9. The summed E-state index contributed by atoms with van der Waals surface area (Å²) in [5.74, 6) is 7.15. The molecule has 156 valence electrons. The Hall–Kier alpha value is 0. The van der Waals surface area contributed by atoms with Gasteiger partial charge in [-0.2, -0.15) is 0 Å². The Morgan fingerprint density at radius 2 is 1.52 bits per heavy atom. The summed E-state index contributed by atoms with van der Waals surface area (Å²) >= 11 is 0. The first kappa shape index (κ1) is 20.3. The van der Waals surface area contributed by atoms with Gasteiger partial charge < -0.3 is 0 Å². The van der Waals surface area contributed by atoms with Gasteiger partial charge in [-0.05, 0) is 104 Å². The number of fused-ring (bicyclic) bond motifs is 5. The molecule has 4 aliphatic rings. The summed E-state index contributed by atoms with van der Waals surface area (Å²) in [6.07, 6.45) is 19.9. The minimum Gasteiger partial charge on any atom is -0.0628 e. The lowest BCUT2D eigenvalue weighted by atomic mass is 9.44. The van der Waals surface area contributed by atoms with Crippen molar-refractivity contribution in [3.05, 3.63) is 0 Å². The Morgan fingerprint density at radius 3 is 2.30 bits per heavy atom. The Labute approximate surface area is 170 Å². The van der Waals surface area contributed by atoms with Crippen LogP contribution in [0.5, 0.6) is 0 Å². The summed E-state index contributed by atoms with van der Waals surface area (Å²) in [5, 5.41) is 0. The molecule has 27 heavy (non-hydrogen) atoms. The van der Waals surface area contributed by atoms with Crippen LogP contribution < -0.4 is 0 Å². The average Bonchev–Trinajstić information content (AvgIpc) is 2.98. The molecule has 7 unspecified atom stereocenters. The zero-order valence-corrected chi connectivity index (χ0v) is 19.2. The maximum atomic E-state index is 2.75. The van der Waals surface area contributed by atoms with E-state index in [0.29, 0.717) is 10.8 Å². The van der Waals surface area contributed by atoms with Gasteiger partial charge in [0.25, 0.3) is 0 Å². The zero-order chi connectivity index (χ0) is 19.2. The van der Waals surface area contributed by atoms with Crippen molar-refractivity contribution < 1.29 is 0 Å². The highest BCUT2D eigenvalue weighted by atomic mass is 14.6. The summed E-state index contributed by atoms with van der Waals surface area (Å²) in [5.41, 5.74) is 1.39. The largest absolute Gasteiger partial charge is 0.0628 e. The van der Waals surface area contributed by atoms with E-state index in [1.165, 1.54) is 32.1 Å². The second kappa shape index (κ2) is 7.68. The standard InChI is InChI=1S/C27H48/c1-19(2)9-8-10-20(3)23-14-15-24-22-13-12-21-11-6-7-17-26(21,4)25(22)16-18-27(23,24)5/h19-25H,6-18H2,1-5H3/t20-,21?,22?,23?,24?,25?,26?,27?/m1/s1. The zero-order valence-electron chi connectivity index (χ0n) is 19.2. The first-order valence-corrected chi connectivity index (χ1v) is 12.9. The molecule has 4 aliphatic carbocycles. The number of hydrogen-bond acceptors (Lipinski definition) is 0. The van der Waals surface area contributed by atoms with E-state index >= 15 is 0 Å². The SMILES string of the molecule is CC(C)CCC[C@@H](C)C1CCC2C3CCC4CCCCC4(C)C3CCC21C. The van der Waals surface area contributed by atoms with E-state index < -0.39 is 0 Å². The van der Waals surface area contributed by atoms with Gasteiger partial charge in [-0.3, -0.25) is 0 Å². The van der Waals surface area contributed by atoms with Crippen molar-refractivity contribution >= 4 is 0 Å². The van der Waals surface area contributed by atoms with E-state index in [1.54, 1.807) is 51.4 Å². The van der Waals surface area contributed by atoms with Crippen LogP contribution in [0.1, 0.15) is 118 Å². The highest BCUT2D eigenvalue weighted by Crippen LogP contribution is 2.68. The Kier molecular flexibility index (Phi) is 5.77. The van der Waals surface area contributed by atoms with Crippen molar-refractivity contribution in [1.29, 1.82) is 0 Å². The predicted octanol–water partition coefficient (Wildman–Crippen LogP) is 8.50. The fourth-order valence-corrected chi connectivity index (χ4v) is 9.32. The van der Waals surface area contributed by atoms with Gasteiger partial charge in [0, 0.05) is 0 Å². The van der Waals surface area contributed by atoms with Crippen LogP contribution in [-0.2, 0) is 0 Å². The van der Waals surface area contributed by atoms with Crippen LogP contribution >= 0.6 is 0 Å². The van der Waals surface area contributed by atoms with Crippen LogP contribution in [0.25, 0.3) is 0 Å². The molecule has 0 amide bonds. The smallest absolute Gasteiger partial charge is 0.0264 e. The lowest BCUT2D eigenvalue weighted by Crippen LogP contribution is -2.53. The number of rotatable bonds is 5. The van der Waals surface area contributed by atoms with Gasteiger partial charge in [-0.25, -0.2) is 0 Å². The fraction of sp³-hybridized carbons (Fsp3) is 1.00. The van der Waals surface area contributed by atoms with Crippen molar-refractivity contribution in [3.8, 4) is 0 Å². The van der Waals surface area contributed by atoms with E-state index in [0.717, 1.165) is 41.4 Å². The summed E-state index contributed by atoms with van der Waals surface area (Å²) in [4.78, 5) is 0. The molecule has 4 saturated carbocycles. The van der Waals surface area contributed by atoms with Crippen molar-refractivity contribution in [2.45, 2.75) is 118 Å². The van der Waals surface area contributed by atoms with E-state index in [9.17, 15) is 0 Å². The maximum absolute atomic E-state index is 2.75. The molecule has 0 bridgehead atoms. The summed E-state index contributed by atoms with van der Waals surface area (Å²) in [6.45, 7) is 12.9. The molecule has 0 aromatic rings. The lowest BCUT2D eigenvalue weighted by molar-refractivity contribution is -0.114. The predicted molar refractivity (Wildman–Crippen MR) is 118 cm³/mol. The average molecular weight is 373 g/mol. The van der Waals surface area contributed by atoms with Crippen LogP contribution in [0.15, 0.2) is 0 Å². The molecular weight excluding hydrogens is 324 g/mol. The van der Waals surface area contributed by atoms with Crippen LogP contribution in [-0.4, -0.2) is 0 Å². The van der Waals surface area contributed by atoms with Crippen molar-refractivity contribution in [2.24, 2.45) is 52.3 Å². The van der Waals surface area contributed by atoms with Crippen molar-refractivity contribution in [3.63, 3.8) is 0 Å². The van der Waals surface area contributed by atoms with Gasteiger partial charge in [0.05, 0.1) is 0 Å². The van der Waals surface area contributed by atoms with Crippen LogP contribution in [0.3, 0.4) is 0 Å². The summed E-state index contributed by atoms with van der Waals surface area (Å²) < 4.78 is 0. The molecule has 4 rings (SSSR count). The summed E-state index contributed by atoms with van der Waals surface area (Å²) in [7, 11) is 0. The van der Waals surface area contributed by atoms with Gasteiger partial charge >= 0.3 is 0 Å². The molecular formula is C27H48. The van der Waals surface area contributed by atoms with Crippen LogP contribution in [0, 0.1) is 52.3 Å². The quantitative estimate of drug-likeness (QED) is 0.453. The first-order valence-electron chi connectivity index (χ1n) is 12.9. The molecule has 0 N–H and O–H groups in total. The Balaban J connectivity index is 1.46. The molecule has 0 spiro atoms. The fourth-order valence-electron chi connectivity index (χ4n) is 9.32. The Morgan fingerprint density at radius 1 is 0.741 bits per heavy atom. The molecule has 0 heterocycles. The highest BCUT2D eigenvalue weighted by molar-refractivity contribution is 5.09. The molecule has 0 saturated heterocycles. The third kappa shape index (κ3) is 3.44. The van der Waals surface area contributed by atoms with Gasteiger partial charge in [0.15, 0.2) is 0 Å². The molecule has 8 atom stereocenters. The minimum atomic E-state index is 0.677. The molecule has 0 aromatic carbocycles. The van der Waals surface area contributed by atoms with E-state index in [2.05, 4.69) is 34.6 Å². The van der Waals surface area contributed by atoms with Gasteiger partial charge in [-0.1, -0.05) is 66.7 Å². The Bertz CT molecular complexity index is 506. The van der Waals surface area contributed by atoms with E-state index in [4.69, 9.17) is 0 Å². The third-order valence-electron chi connectivity index (χ3n) is 10.8. The molecule has 0 nitrogen and oxygen atoms in total. The van der Waals surface area contributed by atoms with Crippen molar-refractivity contribution in [2.75, 3.05) is 0 Å². The lowest BCUT2D eigenvalue weighted by Gasteiger charge is -2.61. The second-order valence-electron chi connectivity index (χ2n) is 12.4. The van der Waals surface area contributed by atoms with Crippen LogP contribution in [0.2, 0.25) is 0 Å². The topological polar surface area (TPSA) is 0 Å². The normalized spacial score (nSPS) is 48.0. The molecule has 0 aromatic heterocycles.